The lowest BCUT2D eigenvalue weighted by molar-refractivity contribution is 0.659. The van der Waals surface area contributed by atoms with Crippen LogP contribution in [0.1, 0.15) is 22.9 Å². The first-order valence-electron chi connectivity index (χ1n) is 18.9. The maximum absolute atomic E-state index is 6.53. The number of benzene rings is 9. The molecule has 0 saturated carbocycles. The summed E-state index contributed by atoms with van der Waals surface area (Å²) in [5.41, 5.74) is 8.34. The Labute approximate surface area is 320 Å². The molecule has 0 amide bonds. The summed E-state index contributed by atoms with van der Waals surface area (Å²) in [5, 5.41) is 15.3. The lowest BCUT2D eigenvalue weighted by Gasteiger charge is -2.24. The Balaban J connectivity index is 1.05. The van der Waals surface area contributed by atoms with Crippen molar-refractivity contribution in [3.8, 4) is 11.1 Å². The van der Waals surface area contributed by atoms with E-state index >= 15 is 0 Å². The normalized spacial score (nSPS) is 14.6. The van der Waals surface area contributed by atoms with Crippen molar-refractivity contribution >= 4 is 87.9 Å². The maximum atomic E-state index is 6.53. The van der Waals surface area contributed by atoms with Crippen molar-refractivity contribution in [3.63, 3.8) is 0 Å². The van der Waals surface area contributed by atoms with Gasteiger partial charge in [0.1, 0.15) is 34.3 Å². The third kappa shape index (κ3) is 4.67. The van der Waals surface area contributed by atoms with Gasteiger partial charge in [-0.2, -0.15) is 0 Å². The number of rotatable bonds is 4. The van der Waals surface area contributed by atoms with Crippen molar-refractivity contribution < 1.29 is 8.83 Å². The molecule has 0 spiro atoms. The smallest absolute Gasteiger partial charge is 0.160 e. The zero-order valence-electron chi connectivity index (χ0n) is 30.0. The van der Waals surface area contributed by atoms with Gasteiger partial charge in [-0.05, 0) is 85.4 Å². The summed E-state index contributed by atoms with van der Waals surface area (Å²) in [6, 6.07) is 61.6. The number of hydrogen-bond acceptors (Lipinski definition) is 5. The molecule has 11 aromatic rings. The number of furan rings is 2. The van der Waals surface area contributed by atoms with E-state index in [-0.39, 0.29) is 6.17 Å². The molecule has 9 aromatic carbocycles. The van der Waals surface area contributed by atoms with Crippen molar-refractivity contribution in [1.29, 1.82) is 0 Å². The minimum atomic E-state index is -0.370. The summed E-state index contributed by atoms with van der Waals surface area (Å²) < 4.78 is 13.0. The molecule has 0 radical (unpaired) electrons. The van der Waals surface area contributed by atoms with Gasteiger partial charge in [0.05, 0.1) is 5.56 Å². The Hall–Kier alpha value is -7.50. The minimum Gasteiger partial charge on any atom is -0.456 e. The minimum absolute atomic E-state index is 0.370. The molecule has 1 atom stereocenters. The maximum Gasteiger partial charge on any atom is 0.160 e. The SMILES string of the molecule is c1ccc(C2N=C(c3cccc4oc5ccc(-c6ccc7c8ccccc8c8ccccc8c7c6)cc5c34)N=C(c3cccc4c3oc3ccccc34)N2)cc1. The van der Waals surface area contributed by atoms with E-state index in [1.54, 1.807) is 0 Å². The van der Waals surface area contributed by atoms with Crippen LogP contribution in [0.25, 0.3) is 87.3 Å². The van der Waals surface area contributed by atoms with Crippen LogP contribution in [0.5, 0.6) is 0 Å². The van der Waals surface area contributed by atoms with Crippen molar-refractivity contribution in [2.24, 2.45) is 9.98 Å². The highest BCUT2D eigenvalue weighted by Gasteiger charge is 2.26. The Kier molecular flexibility index (Phi) is 6.63. The number of aliphatic imine (C=N–C) groups is 2. The average molecular weight is 718 g/mol. The third-order valence-electron chi connectivity index (χ3n) is 11.3. The van der Waals surface area contributed by atoms with Gasteiger partial charge >= 0.3 is 0 Å². The molecule has 56 heavy (non-hydrogen) atoms. The molecule has 0 fully saturated rings. The zero-order valence-corrected chi connectivity index (χ0v) is 30.0. The number of fused-ring (bicyclic) bond motifs is 12. The highest BCUT2D eigenvalue weighted by atomic mass is 16.3. The lowest BCUT2D eigenvalue weighted by atomic mass is 9.92. The van der Waals surface area contributed by atoms with E-state index in [0.29, 0.717) is 11.7 Å². The van der Waals surface area contributed by atoms with Gasteiger partial charge in [0.15, 0.2) is 5.84 Å². The predicted molar refractivity (Wildman–Crippen MR) is 231 cm³/mol. The van der Waals surface area contributed by atoms with E-state index in [4.69, 9.17) is 18.8 Å². The van der Waals surface area contributed by atoms with Gasteiger partial charge in [0.25, 0.3) is 0 Å². The second kappa shape index (κ2) is 12.0. The van der Waals surface area contributed by atoms with E-state index in [2.05, 4.69) is 133 Å². The molecule has 0 saturated heterocycles. The van der Waals surface area contributed by atoms with E-state index in [9.17, 15) is 0 Å². The van der Waals surface area contributed by atoms with E-state index in [1.165, 1.54) is 32.3 Å². The van der Waals surface area contributed by atoms with Gasteiger partial charge in [-0.1, -0.05) is 140 Å². The van der Waals surface area contributed by atoms with Crippen LogP contribution < -0.4 is 5.32 Å². The first kappa shape index (κ1) is 30.9. The summed E-state index contributed by atoms with van der Waals surface area (Å²) in [6.45, 7) is 0. The Morgan fingerprint density at radius 3 is 1.77 bits per heavy atom. The highest BCUT2D eigenvalue weighted by molar-refractivity contribution is 6.26. The molecular formula is C51H31N3O2. The topological polar surface area (TPSA) is 63.0 Å². The van der Waals surface area contributed by atoms with Crippen LogP contribution in [0, 0.1) is 0 Å². The zero-order chi connectivity index (χ0) is 36.7. The van der Waals surface area contributed by atoms with Gasteiger partial charge in [0.2, 0.25) is 0 Å². The highest BCUT2D eigenvalue weighted by Crippen LogP contribution is 2.40. The molecule has 5 heteroatoms. The molecule has 1 aliphatic heterocycles. The van der Waals surface area contributed by atoms with Gasteiger partial charge in [-0.3, -0.25) is 0 Å². The van der Waals surface area contributed by atoms with E-state index < -0.39 is 0 Å². The predicted octanol–water partition coefficient (Wildman–Crippen LogP) is 13.1. The molecule has 0 bridgehead atoms. The first-order chi connectivity index (χ1) is 27.7. The molecule has 1 N–H and O–H groups in total. The van der Waals surface area contributed by atoms with Crippen molar-refractivity contribution in [3.05, 3.63) is 193 Å². The molecule has 5 nitrogen and oxygen atoms in total. The van der Waals surface area contributed by atoms with E-state index in [0.717, 1.165) is 71.7 Å². The summed E-state index contributed by atoms with van der Waals surface area (Å²) in [5.74, 6) is 1.33. The van der Waals surface area contributed by atoms with Gasteiger partial charge in [0, 0.05) is 27.1 Å². The van der Waals surface area contributed by atoms with Crippen LogP contribution in [-0.4, -0.2) is 11.7 Å². The fourth-order valence-electron chi connectivity index (χ4n) is 8.73. The lowest BCUT2D eigenvalue weighted by Crippen LogP contribution is -2.33. The van der Waals surface area contributed by atoms with Gasteiger partial charge < -0.3 is 14.2 Å². The monoisotopic (exact) mass is 717 g/mol. The fourth-order valence-corrected chi connectivity index (χ4v) is 8.73. The van der Waals surface area contributed by atoms with Crippen molar-refractivity contribution in [2.45, 2.75) is 6.17 Å². The summed E-state index contributed by atoms with van der Waals surface area (Å²) >= 11 is 0. The molecule has 3 heterocycles. The van der Waals surface area contributed by atoms with Gasteiger partial charge in [-0.25, -0.2) is 9.98 Å². The van der Waals surface area contributed by atoms with Crippen molar-refractivity contribution in [2.75, 3.05) is 0 Å². The quantitative estimate of drug-likeness (QED) is 0.184. The number of nitrogens with zero attached hydrogens (tertiary/aromatic N) is 2. The van der Waals surface area contributed by atoms with Crippen LogP contribution in [0.2, 0.25) is 0 Å². The average Bonchev–Trinajstić information content (AvgIpc) is 3.85. The first-order valence-corrected chi connectivity index (χ1v) is 18.9. The standard InChI is InChI=1S/C51H31N3O2/c1-2-12-30(13-3-1)49-52-50(54-51(53-49)41-21-10-19-39-38-18-8-9-22-44(38)56-48(39)41)40-20-11-23-46-47(40)43-29-32(25-27-45(43)55-46)31-24-26-37-35-16-5-4-14-33(35)34-15-6-7-17-36(34)42(37)28-31/h1-29,49H,(H,52,53,54). The van der Waals surface area contributed by atoms with Gasteiger partial charge in [-0.15, -0.1) is 0 Å². The van der Waals surface area contributed by atoms with Crippen LogP contribution >= 0.6 is 0 Å². The number of para-hydroxylation sites is 2. The molecule has 262 valence electrons. The Morgan fingerprint density at radius 2 is 0.982 bits per heavy atom. The van der Waals surface area contributed by atoms with Crippen LogP contribution in [0.15, 0.2) is 195 Å². The Morgan fingerprint density at radius 1 is 0.411 bits per heavy atom. The second-order valence-electron chi connectivity index (χ2n) is 14.5. The number of nitrogens with one attached hydrogen (secondary N) is 1. The second-order valence-corrected chi connectivity index (χ2v) is 14.5. The largest absolute Gasteiger partial charge is 0.456 e. The molecule has 2 aromatic heterocycles. The number of amidine groups is 2. The fraction of sp³-hybridized carbons (Fsp3) is 0.0196. The molecule has 1 unspecified atom stereocenters. The van der Waals surface area contributed by atoms with E-state index in [1.807, 2.05) is 48.5 Å². The summed E-state index contributed by atoms with van der Waals surface area (Å²) in [7, 11) is 0. The summed E-state index contributed by atoms with van der Waals surface area (Å²) in [4.78, 5) is 10.5. The van der Waals surface area contributed by atoms with Crippen molar-refractivity contribution in [1.82, 2.24) is 5.32 Å². The molecule has 0 aliphatic carbocycles. The molecule has 12 rings (SSSR count). The molecular weight excluding hydrogens is 687 g/mol. The summed E-state index contributed by atoms with van der Waals surface area (Å²) in [6.07, 6.45) is -0.370. The molecule has 1 aliphatic rings. The third-order valence-corrected chi connectivity index (χ3v) is 11.3. The van der Waals surface area contributed by atoms with Crippen LogP contribution in [0.3, 0.4) is 0 Å². The number of hydrogen-bond donors (Lipinski definition) is 1. The van der Waals surface area contributed by atoms with Crippen LogP contribution in [-0.2, 0) is 0 Å². The van der Waals surface area contributed by atoms with Crippen LogP contribution in [0.4, 0.5) is 0 Å². The Bertz CT molecular complexity index is 3430.